The molecule has 3 rings (SSSR count). The fourth-order valence-electron chi connectivity index (χ4n) is 2.43. The van der Waals surface area contributed by atoms with E-state index >= 15 is 0 Å². The van der Waals surface area contributed by atoms with Crippen LogP contribution in [0.1, 0.15) is 32.0 Å². The molecule has 0 saturated heterocycles. The zero-order valence-corrected chi connectivity index (χ0v) is 16.6. The van der Waals surface area contributed by atoms with Crippen molar-refractivity contribution < 1.29 is 19.1 Å². The quantitative estimate of drug-likeness (QED) is 0.466. The summed E-state index contributed by atoms with van der Waals surface area (Å²) in [6, 6.07) is 12.6. The van der Waals surface area contributed by atoms with Crippen LogP contribution in [0.2, 0.25) is 0 Å². The fourth-order valence-corrected chi connectivity index (χ4v) is 3.13. The average molecular weight is 396 g/mol. The number of esters is 1. The summed E-state index contributed by atoms with van der Waals surface area (Å²) >= 11 is 1.30. The van der Waals surface area contributed by atoms with Crippen LogP contribution in [0.15, 0.2) is 47.8 Å². The lowest BCUT2D eigenvalue weighted by Gasteiger charge is -2.06. The summed E-state index contributed by atoms with van der Waals surface area (Å²) in [4.78, 5) is 28.5. The molecule has 3 aromatic rings. The molecule has 0 amide bonds. The summed E-state index contributed by atoms with van der Waals surface area (Å²) in [6.07, 6.45) is 0. The Balaban J connectivity index is 1.57. The Morgan fingerprint density at radius 3 is 2.50 bits per heavy atom. The van der Waals surface area contributed by atoms with Crippen LogP contribution in [0.4, 0.5) is 10.8 Å². The van der Waals surface area contributed by atoms with Crippen molar-refractivity contribution in [3.05, 3.63) is 70.2 Å². The van der Waals surface area contributed by atoms with E-state index in [4.69, 9.17) is 9.47 Å². The van der Waals surface area contributed by atoms with Gasteiger partial charge in [-0.2, -0.15) is 0 Å². The zero-order valence-electron chi connectivity index (χ0n) is 15.8. The van der Waals surface area contributed by atoms with Crippen molar-refractivity contribution in [2.45, 2.75) is 13.8 Å². The number of anilines is 2. The Kier molecular flexibility index (Phi) is 6.06. The summed E-state index contributed by atoms with van der Waals surface area (Å²) in [6.45, 7) is 3.73. The number of hydrogen-bond acceptors (Lipinski definition) is 7. The zero-order chi connectivity index (χ0) is 20.1. The Bertz CT molecular complexity index is 996. The van der Waals surface area contributed by atoms with Crippen LogP contribution in [0, 0.1) is 13.8 Å². The number of carbonyl (C=O) groups excluding carboxylic acids is 2. The molecule has 28 heavy (non-hydrogen) atoms. The van der Waals surface area contributed by atoms with Gasteiger partial charge in [-0.1, -0.05) is 6.07 Å². The Morgan fingerprint density at radius 1 is 1.07 bits per heavy atom. The number of benzene rings is 2. The Hall–Kier alpha value is -3.19. The van der Waals surface area contributed by atoms with Crippen LogP contribution in [-0.2, 0) is 4.74 Å². The minimum Gasteiger partial charge on any atom is -0.497 e. The highest BCUT2D eigenvalue weighted by Crippen LogP contribution is 2.23. The molecule has 0 bridgehead atoms. The molecule has 0 spiro atoms. The second-order valence-corrected chi connectivity index (χ2v) is 7.05. The van der Waals surface area contributed by atoms with Crippen molar-refractivity contribution in [1.82, 2.24) is 4.98 Å². The first kappa shape index (κ1) is 19.6. The summed E-state index contributed by atoms with van der Waals surface area (Å²) in [5, 5.41) is 5.35. The molecule has 1 heterocycles. The van der Waals surface area contributed by atoms with Gasteiger partial charge in [-0.3, -0.25) is 4.79 Å². The van der Waals surface area contributed by atoms with E-state index in [9.17, 15) is 9.59 Å². The molecule has 0 fully saturated rings. The highest BCUT2D eigenvalue weighted by Gasteiger charge is 2.15. The maximum absolute atomic E-state index is 12.2. The number of Topliss-reactive ketones (excluding diaryl/α,β-unsaturated/α-hetero) is 1. The van der Waals surface area contributed by atoms with Gasteiger partial charge in [-0.15, -0.1) is 11.3 Å². The second kappa shape index (κ2) is 8.67. The molecular formula is C21H20N2O4S. The highest BCUT2D eigenvalue weighted by atomic mass is 32.1. The maximum atomic E-state index is 12.2. The van der Waals surface area contributed by atoms with Gasteiger partial charge in [0.2, 0.25) is 0 Å². The fraction of sp³-hybridized carbons (Fsp3) is 0.190. The minimum absolute atomic E-state index is 0.166. The normalized spacial score (nSPS) is 10.4. The molecule has 6 nitrogen and oxygen atoms in total. The Morgan fingerprint density at radius 2 is 1.82 bits per heavy atom. The first-order valence-corrected chi connectivity index (χ1v) is 9.48. The number of thiazole rings is 1. The standard InChI is InChI=1S/C21H20N2O4S/c1-13-4-7-16(10-14(13)2)22-21-23-18(12-28-21)20(25)27-11-19(24)15-5-8-17(26-3)9-6-15/h4-10,12H,11H2,1-3H3,(H,22,23). The molecule has 0 aliphatic carbocycles. The lowest BCUT2D eigenvalue weighted by molar-refractivity contribution is 0.0470. The van der Waals surface area contributed by atoms with Crippen molar-refractivity contribution in [2.24, 2.45) is 0 Å². The number of methoxy groups -OCH3 is 1. The van der Waals surface area contributed by atoms with Crippen LogP contribution in [-0.4, -0.2) is 30.5 Å². The summed E-state index contributed by atoms with van der Waals surface area (Å²) in [5.74, 6) is -0.272. The lowest BCUT2D eigenvalue weighted by Crippen LogP contribution is -2.14. The van der Waals surface area contributed by atoms with Gasteiger partial charge in [0.05, 0.1) is 7.11 Å². The van der Waals surface area contributed by atoms with Crippen molar-refractivity contribution in [3.8, 4) is 5.75 Å². The summed E-state index contributed by atoms with van der Waals surface area (Å²) in [5.41, 5.74) is 3.88. The molecule has 144 valence electrons. The molecule has 1 aromatic heterocycles. The van der Waals surface area contributed by atoms with E-state index in [0.717, 1.165) is 5.69 Å². The predicted molar refractivity (Wildman–Crippen MR) is 109 cm³/mol. The molecule has 0 aliphatic heterocycles. The van der Waals surface area contributed by atoms with Gasteiger partial charge in [0.1, 0.15) is 5.75 Å². The van der Waals surface area contributed by atoms with Crippen molar-refractivity contribution in [2.75, 3.05) is 19.0 Å². The molecule has 2 aromatic carbocycles. The summed E-state index contributed by atoms with van der Waals surface area (Å²) < 4.78 is 10.1. The number of ketones is 1. The molecule has 0 saturated carbocycles. The third-order valence-corrected chi connectivity index (χ3v) is 4.98. The van der Waals surface area contributed by atoms with Gasteiger partial charge in [-0.05, 0) is 61.4 Å². The second-order valence-electron chi connectivity index (χ2n) is 6.19. The number of rotatable bonds is 7. The maximum Gasteiger partial charge on any atom is 0.358 e. The Labute approximate surface area is 167 Å². The number of ether oxygens (including phenoxy) is 2. The van der Waals surface area contributed by atoms with Crippen LogP contribution in [0.5, 0.6) is 5.75 Å². The summed E-state index contributed by atoms with van der Waals surface area (Å²) in [7, 11) is 1.55. The van der Waals surface area contributed by atoms with Crippen LogP contribution < -0.4 is 10.1 Å². The number of hydrogen-bond donors (Lipinski definition) is 1. The number of aromatic nitrogens is 1. The van der Waals surface area contributed by atoms with Crippen LogP contribution in [0.3, 0.4) is 0 Å². The monoisotopic (exact) mass is 396 g/mol. The van der Waals surface area contributed by atoms with E-state index in [1.54, 1.807) is 36.8 Å². The molecule has 0 aliphatic rings. The van der Waals surface area contributed by atoms with Gasteiger partial charge in [0, 0.05) is 16.6 Å². The highest BCUT2D eigenvalue weighted by molar-refractivity contribution is 7.14. The average Bonchev–Trinajstić information content (AvgIpc) is 3.17. The number of nitrogens with one attached hydrogen (secondary N) is 1. The van der Waals surface area contributed by atoms with E-state index in [0.29, 0.717) is 16.4 Å². The minimum atomic E-state index is -0.633. The van der Waals surface area contributed by atoms with Crippen LogP contribution in [0.25, 0.3) is 0 Å². The van der Waals surface area contributed by atoms with Crippen molar-refractivity contribution >= 4 is 33.9 Å². The van der Waals surface area contributed by atoms with E-state index in [2.05, 4.69) is 10.3 Å². The number of nitrogens with zero attached hydrogens (tertiary/aromatic N) is 1. The first-order valence-electron chi connectivity index (χ1n) is 8.60. The first-order chi connectivity index (χ1) is 13.5. The van der Waals surface area contributed by atoms with Gasteiger partial charge >= 0.3 is 5.97 Å². The van der Waals surface area contributed by atoms with Gasteiger partial charge in [-0.25, -0.2) is 9.78 Å². The molecule has 0 radical (unpaired) electrons. The van der Waals surface area contributed by atoms with E-state index in [1.165, 1.54) is 22.5 Å². The largest absolute Gasteiger partial charge is 0.497 e. The molecule has 0 unspecified atom stereocenters. The predicted octanol–water partition coefficient (Wildman–Crippen LogP) is 4.55. The third kappa shape index (κ3) is 4.75. The van der Waals surface area contributed by atoms with E-state index in [-0.39, 0.29) is 18.1 Å². The van der Waals surface area contributed by atoms with Gasteiger partial charge < -0.3 is 14.8 Å². The third-order valence-electron chi connectivity index (χ3n) is 4.22. The SMILES string of the molecule is COc1ccc(C(=O)COC(=O)c2csc(Nc3ccc(C)c(C)c3)n2)cc1. The molecular weight excluding hydrogens is 376 g/mol. The topological polar surface area (TPSA) is 77.5 Å². The van der Waals surface area contributed by atoms with E-state index < -0.39 is 5.97 Å². The molecule has 1 N–H and O–H groups in total. The lowest BCUT2D eigenvalue weighted by atomic mass is 10.1. The van der Waals surface area contributed by atoms with E-state index in [1.807, 2.05) is 32.0 Å². The van der Waals surface area contributed by atoms with Crippen molar-refractivity contribution in [3.63, 3.8) is 0 Å². The van der Waals surface area contributed by atoms with Gasteiger partial charge in [0.15, 0.2) is 23.2 Å². The number of carbonyl (C=O) groups is 2. The van der Waals surface area contributed by atoms with Gasteiger partial charge in [0.25, 0.3) is 0 Å². The molecule has 0 atom stereocenters. The van der Waals surface area contributed by atoms with Crippen LogP contribution >= 0.6 is 11.3 Å². The van der Waals surface area contributed by atoms with Crippen molar-refractivity contribution in [1.29, 1.82) is 0 Å². The number of aryl methyl sites for hydroxylation is 2. The smallest absolute Gasteiger partial charge is 0.358 e. The molecule has 7 heteroatoms.